The van der Waals surface area contributed by atoms with Gasteiger partial charge in [-0.25, -0.2) is 0 Å². The van der Waals surface area contributed by atoms with E-state index < -0.39 is 0 Å². The number of rotatable bonds is 8. The number of aliphatic imine (C=N–C) groups is 1. The van der Waals surface area contributed by atoms with Crippen molar-refractivity contribution in [1.29, 1.82) is 0 Å². The number of amides is 1. The van der Waals surface area contributed by atoms with Crippen LogP contribution >= 0.6 is 39.9 Å². The number of unbranched alkanes of at least 4 members (excludes halogenated alkanes) is 1. The van der Waals surface area contributed by atoms with E-state index in [0.717, 1.165) is 47.6 Å². The molecule has 1 rings (SSSR count). The molecule has 0 bridgehead atoms. The van der Waals surface area contributed by atoms with Crippen molar-refractivity contribution in [3.63, 3.8) is 0 Å². The Kier molecular flexibility index (Phi) is 13.0. The number of hydrogen-bond donors (Lipinski definition) is 3. The van der Waals surface area contributed by atoms with E-state index in [1.165, 1.54) is 0 Å². The first-order valence-corrected chi connectivity index (χ1v) is 8.94. The molecule has 1 aromatic rings. The summed E-state index contributed by atoms with van der Waals surface area (Å²) in [6.07, 6.45) is 2.59. The third-order valence-electron chi connectivity index (χ3n) is 3.23. The maximum absolute atomic E-state index is 12.0. The molecule has 3 N–H and O–H groups in total. The summed E-state index contributed by atoms with van der Waals surface area (Å²) in [5.74, 6) is 0.765. The lowest BCUT2D eigenvalue weighted by Gasteiger charge is -2.12. The predicted octanol–water partition coefficient (Wildman–Crippen LogP) is 4.06. The van der Waals surface area contributed by atoms with Gasteiger partial charge in [-0.1, -0.05) is 29.3 Å². The number of anilines is 1. The van der Waals surface area contributed by atoms with Crippen molar-refractivity contribution in [3.05, 3.63) is 28.2 Å². The summed E-state index contributed by atoms with van der Waals surface area (Å²) < 4.78 is 1.01. The molecule has 5 nitrogen and oxygen atoms in total. The molecule has 0 aliphatic heterocycles. The number of hydrogen-bond acceptors (Lipinski definition) is 2. The number of carbonyl (C=O) groups is 1. The fraction of sp³-hybridized carbons (Fsp3) is 0.529. The maximum Gasteiger partial charge on any atom is 0.226 e. The minimum absolute atomic E-state index is 0. The van der Waals surface area contributed by atoms with Crippen LogP contribution in [0, 0.1) is 6.92 Å². The van der Waals surface area contributed by atoms with Crippen LogP contribution in [0.2, 0.25) is 0 Å². The zero-order valence-electron chi connectivity index (χ0n) is 14.6. The Hall–Kier alpha value is -0.830. The first-order valence-electron chi connectivity index (χ1n) is 8.15. The lowest BCUT2D eigenvalue weighted by Crippen LogP contribution is -2.38. The quantitative estimate of drug-likeness (QED) is 0.214. The van der Waals surface area contributed by atoms with Gasteiger partial charge in [0.15, 0.2) is 5.96 Å². The third kappa shape index (κ3) is 9.46. The molecule has 1 aromatic carbocycles. The van der Waals surface area contributed by atoms with Crippen molar-refractivity contribution in [2.75, 3.05) is 25.0 Å². The molecule has 0 aliphatic carbocycles. The van der Waals surface area contributed by atoms with Gasteiger partial charge in [-0.15, -0.1) is 24.0 Å². The van der Waals surface area contributed by atoms with E-state index in [9.17, 15) is 4.79 Å². The van der Waals surface area contributed by atoms with Crippen LogP contribution in [0.5, 0.6) is 0 Å². The van der Waals surface area contributed by atoms with Gasteiger partial charge in [-0.3, -0.25) is 9.79 Å². The van der Waals surface area contributed by atoms with E-state index in [1.807, 2.05) is 32.0 Å². The average Bonchev–Trinajstić information content (AvgIpc) is 2.50. The normalized spacial score (nSPS) is 10.8. The van der Waals surface area contributed by atoms with E-state index in [1.54, 1.807) is 0 Å². The average molecular weight is 511 g/mol. The molecule has 0 fully saturated rings. The zero-order valence-corrected chi connectivity index (χ0v) is 18.5. The van der Waals surface area contributed by atoms with Gasteiger partial charge in [0.25, 0.3) is 0 Å². The molecule has 0 unspecified atom stereocenters. The molecule has 0 radical (unpaired) electrons. The second-order valence-corrected chi connectivity index (χ2v) is 6.21. The van der Waals surface area contributed by atoms with Crippen LogP contribution < -0.4 is 16.0 Å². The van der Waals surface area contributed by atoms with E-state index in [2.05, 4.69) is 43.8 Å². The summed E-state index contributed by atoms with van der Waals surface area (Å²) in [6.45, 7) is 8.31. The number of nitrogens with zero attached hydrogens (tertiary/aromatic N) is 1. The molecular weight excluding hydrogens is 483 g/mol. The van der Waals surface area contributed by atoms with Gasteiger partial charge in [-0.05, 0) is 44.0 Å². The monoisotopic (exact) mass is 510 g/mol. The van der Waals surface area contributed by atoms with Crippen LogP contribution in [-0.4, -0.2) is 31.5 Å². The minimum atomic E-state index is -0.00710. The number of guanidine groups is 1. The van der Waals surface area contributed by atoms with E-state index in [-0.39, 0.29) is 29.9 Å². The van der Waals surface area contributed by atoms with Gasteiger partial charge >= 0.3 is 0 Å². The van der Waals surface area contributed by atoms with Crippen LogP contribution in [-0.2, 0) is 4.79 Å². The van der Waals surface area contributed by atoms with Crippen molar-refractivity contribution in [3.8, 4) is 0 Å². The van der Waals surface area contributed by atoms with Crippen molar-refractivity contribution in [2.24, 2.45) is 4.99 Å². The number of nitrogens with one attached hydrogen (secondary N) is 3. The second-order valence-electron chi connectivity index (χ2n) is 5.30. The summed E-state index contributed by atoms with van der Waals surface area (Å²) in [6, 6.07) is 5.81. The Morgan fingerprint density at radius 3 is 2.62 bits per heavy atom. The molecule has 0 saturated heterocycles. The van der Waals surface area contributed by atoms with Crippen molar-refractivity contribution in [2.45, 2.75) is 40.0 Å². The molecule has 0 atom stereocenters. The van der Waals surface area contributed by atoms with E-state index in [4.69, 9.17) is 0 Å². The highest BCUT2D eigenvalue weighted by Gasteiger charge is 2.05. The van der Waals surface area contributed by atoms with Gasteiger partial charge in [0.1, 0.15) is 0 Å². The minimum Gasteiger partial charge on any atom is -0.357 e. The van der Waals surface area contributed by atoms with Crippen LogP contribution in [0.4, 0.5) is 5.69 Å². The number of aryl methyl sites for hydroxylation is 1. The molecule has 7 heteroatoms. The Morgan fingerprint density at radius 2 is 2.00 bits per heavy atom. The zero-order chi connectivity index (χ0) is 17.1. The molecule has 24 heavy (non-hydrogen) atoms. The van der Waals surface area contributed by atoms with Gasteiger partial charge in [0.2, 0.25) is 5.91 Å². The Morgan fingerprint density at radius 1 is 1.25 bits per heavy atom. The highest BCUT2D eigenvalue weighted by molar-refractivity contribution is 14.0. The third-order valence-corrected chi connectivity index (χ3v) is 3.73. The number of halogens is 2. The Bertz CT molecular complexity index is 537. The first kappa shape index (κ1) is 23.2. The summed E-state index contributed by atoms with van der Waals surface area (Å²) in [5.41, 5.74) is 1.89. The van der Waals surface area contributed by atoms with Crippen LogP contribution in [0.25, 0.3) is 0 Å². The van der Waals surface area contributed by atoms with Crippen LogP contribution in [0.1, 0.15) is 38.7 Å². The summed E-state index contributed by atoms with van der Waals surface area (Å²) in [7, 11) is 0. The van der Waals surface area contributed by atoms with Crippen molar-refractivity contribution in [1.82, 2.24) is 10.6 Å². The van der Waals surface area contributed by atoms with Crippen LogP contribution in [0.15, 0.2) is 27.7 Å². The highest BCUT2D eigenvalue weighted by Crippen LogP contribution is 2.19. The first-order chi connectivity index (χ1) is 11.1. The molecule has 0 aromatic heterocycles. The second kappa shape index (κ2) is 13.5. The lowest BCUT2D eigenvalue weighted by molar-refractivity contribution is -0.116. The Balaban J connectivity index is 0.00000529. The molecule has 0 saturated carbocycles. The summed E-state index contributed by atoms with van der Waals surface area (Å²) in [5, 5.41) is 9.31. The van der Waals surface area contributed by atoms with Crippen LogP contribution in [0.3, 0.4) is 0 Å². The molecule has 136 valence electrons. The number of carbonyl (C=O) groups excluding carboxylic acids is 1. The van der Waals surface area contributed by atoms with Crippen molar-refractivity contribution < 1.29 is 4.79 Å². The van der Waals surface area contributed by atoms with E-state index in [0.29, 0.717) is 13.0 Å². The fourth-order valence-electron chi connectivity index (χ4n) is 1.97. The fourth-order valence-corrected chi connectivity index (χ4v) is 2.44. The summed E-state index contributed by atoms with van der Waals surface area (Å²) in [4.78, 5) is 16.5. The molecular formula is C17H28BrIN4O. The standard InChI is InChI=1S/C17H27BrN4O.HI/c1-4-6-10-20-17(19-5-2)21-11-9-16(23)22-15-8-7-14(18)12-13(15)3;/h7-8,12H,4-6,9-11H2,1-3H3,(H,22,23)(H2,19,20,21);1H. The van der Waals surface area contributed by atoms with Gasteiger partial charge in [0, 0.05) is 36.2 Å². The SMILES string of the molecule is CCCCN=C(NCC)NCCC(=O)Nc1ccc(Br)cc1C.I. The summed E-state index contributed by atoms with van der Waals surface area (Å²) >= 11 is 3.42. The van der Waals surface area contributed by atoms with Gasteiger partial charge < -0.3 is 16.0 Å². The molecule has 0 aliphatic rings. The number of benzene rings is 1. The van der Waals surface area contributed by atoms with E-state index >= 15 is 0 Å². The molecule has 1 amide bonds. The smallest absolute Gasteiger partial charge is 0.226 e. The topological polar surface area (TPSA) is 65.5 Å². The molecule has 0 spiro atoms. The van der Waals surface area contributed by atoms with Gasteiger partial charge in [-0.2, -0.15) is 0 Å². The van der Waals surface area contributed by atoms with Gasteiger partial charge in [0.05, 0.1) is 0 Å². The molecule has 0 heterocycles. The largest absolute Gasteiger partial charge is 0.357 e. The predicted molar refractivity (Wildman–Crippen MR) is 116 cm³/mol. The van der Waals surface area contributed by atoms with Crippen molar-refractivity contribution >= 4 is 57.5 Å². The highest BCUT2D eigenvalue weighted by atomic mass is 127. The lowest BCUT2D eigenvalue weighted by atomic mass is 10.2. The Labute approximate surface area is 170 Å². The maximum atomic E-state index is 12.0.